The monoisotopic (exact) mass is 418 g/mol. The molecule has 0 unspecified atom stereocenters. The van der Waals surface area contributed by atoms with Crippen molar-refractivity contribution in [3.63, 3.8) is 0 Å². The number of hydrogen-bond donors (Lipinski definition) is 0. The van der Waals surface area contributed by atoms with Crippen molar-refractivity contribution < 1.29 is 26.0 Å². The summed E-state index contributed by atoms with van der Waals surface area (Å²) >= 11 is -0.00956. The third-order valence-electron chi connectivity index (χ3n) is 5.26. The van der Waals surface area contributed by atoms with Crippen LogP contribution in [0, 0.1) is 0 Å². The van der Waals surface area contributed by atoms with Crippen molar-refractivity contribution in [3.05, 3.63) is 70.8 Å². The maximum absolute atomic E-state index is 13.1. The van der Waals surface area contributed by atoms with Gasteiger partial charge in [-0.3, -0.25) is 0 Å². The Bertz CT molecular complexity index is 759. The summed E-state index contributed by atoms with van der Waals surface area (Å²) in [5.41, 5.74) is 5.06. The van der Waals surface area contributed by atoms with Crippen LogP contribution in [0.2, 0.25) is 0 Å². The zero-order chi connectivity index (χ0) is 16.0. The van der Waals surface area contributed by atoms with E-state index < -0.39 is 0 Å². The van der Waals surface area contributed by atoms with E-state index in [2.05, 4.69) is 67.3 Å². The predicted octanol–water partition coefficient (Wildman–Crippen LogP) is 0.498. The molecule has 0 fully saturated rings. The average Bonchev–Trinajstić information content (AvgIpc) is 2.77. The van der Waals surface area contributed by atoms with Crippen LogP contribution in [0.4, 0.5) is 0 Å². The summed E-state index contributed by atoms with van der Waals surface area (Å²) < 4.78 is 1.93. The molecular weight excluding hydrogens is 397 g/mol. The van der Waals surface area contributed by atoms with Gasteiger partial charge in [-0.05, 0) is 0 Å². The molecule has 0 saturated heterocycles. The minimum atomic E-state index is -0.301. The third kappa shape index (κ3) is 2.09. The molecule has 2 aromatic carbocycles. The molecule has 2 atom stereocenters. The molecule has 4 rings (SSSR count). The Morgan fingerprint density at radius 1 is 1.17 bits per heavy atom. The van der Waals surface area contributed by atoms with Crippen LogP contribution >= 0.6 is 0 Å². The Balaban J connectivity index is 1.90. The second kappa shape index (κ2) is 5.62. The van der Waals surface area contributed by atoms with Gasteiger partial charge in [0.15, 0.2) is 0 Å². The van der Waals surface area contributed by atoms with Crippen LogP contribution in [0.5, 0.6) is 0 Å². The van der Waals surface area contributed by atoms with Gasteiger partial charge in [0.1, 0.15) is 0 Å². The SMILES string of the molecule is CC[I-]CC(=O)N1[C@@H]2Cc3ccccc3[C@@]1(C)c1ccccc12. The summed E-state index contributed by atoms with van der Waals surface area (Å²) in [7, 11) is 0. The molecule has 2 aliphatic rings. The summed E-state index contributed by atoms with van der Waals surface area (Å²) in [6.07, 6.45) is 0.943. The molecule has 2 nitrogen and oxygen atoms in total. The number of carbonyl (C=O) groups is 1. The topological polar surface area (TPSA) is 20.3 Å². The van der Waals surface area contributed by atoms with Crippen molar-refractivity contribution in [1.82, 2.24) is 4.90 Å². The van der Waals surface area contributed by atoms with Gasteiger partial charge in [-0.1, -0.05) is 0 Å². The molecular formula is C20H21INO-. The summed E-state index contributed by atoms with van der Waals surface area (Å²) in [6.45, 7) is 4.43. The normalized spacial score (nSPS) is 24.4. The first-order valence-electron chi connectivity index (χ1n) is 8.21. The maximum atomic E-state index is 13.1. The third-order valence-corrected chi connectivity index (χ3v) is 7.53. The number of hydrogen-bond acceptors (Lipinski definition) is 1. The molecule has 0 spiro atoms. The standard InChI is InChI=1S/C20H21INO/c1-3-21-13-19(23)22-18-12-14-8-4-6-10-16(14)20(22,2)17-11-7-5-9-15(17)18/h4-11,18H,3,12-13H2,1-2H3/q-1/t18-,20+/m1/s1. The van der Waals surface area contributed by atoms with E-state index in [1.807, 2.05) is 0 Å². The van der Waals surface area contributed by atoms with Gasteiger partial charge in [0.2, 0.25) is 0 Å². The Hall–Kier alpha value is -1.36. The van der Waals surface area contributed by atoms with Gasteiger partial charge in [-0.2, -0.15) is 0 Å². The van der Waals surface area contributed by atoms with Crippen molar-refractivity contribution in [2.24, 2.45) is 0 Å². The molecule has 2 heterocycles. The van der Waals surface area contributed by atoms with E-state index in [-0.39, 0.29) is 32.8 Å². The van der Waals surface area contributed by atoms with Gasteiger partial charge in [0.25, 0.3) is 0 Å². The second-order valence-corrected chi connectivity index (χ2v) is 9.76. The number of alkyl halides is 2. The number of halogens is 1. The van der Waals surface area contributed by atoms with Gasteiger partial charge in [-0.15, -0.1) is 0 Å². The van der Waals surface area contributed by atoms with E-state index in [9.17, 15) is 4.79 Å². The Labute approximate surface area is 148 Å². The first kappa shape index (κ1) is 15.2. The van der Waals surface area contributed by atoms with Gasteiger partial charge in [-0.25, -0.2) is 0 Å². The summed E-state index contributed by atoms with van der Waals surface area (Å²) in [5.74, 6) is 0.345. The number of fused-ring (bicyclic) bond motifs is 7. The second-order valence-electron chi connectivity index (χ2n) is 6.39. The number of amides is 1. The van der Waals surface area contributed by atoms with E-state index >= 15 is 0 Å². The Morgan fingerprint density at radius 2 is 1.87 bits per heavy atom. The summed E-state index contributed by atoms with van der Waals surface area (Å²) in [5, 5.41) is 0. The molecule has 2 bridgehead atoms. The molecule has 0 aromatic heterocycles. The molecule has 0 radical (unpaired) electrons. The van der Waals surface area contributed by atoms with Crippen LogP contribution < -0.4 is 21.2 Å². The molecule has 0 aliphatic carbocycles. The van der Waals surface area contributed by atoms with Crippen molar-refractivity contribution in [1.29, 1.82) is 0 Å². The van der Waals surface area contributed by atoms with Crippen molar-refractivity contribution in [2.75, 3.05) is 8.86 Å². The van der Waals surface area contributed by atoms with E-state index in [0.29, 0.717) is 5.91 Å². The van der Waals surface area contributed by atoms with E-state index in [4.69, 9.17) is 0 Å². The number of nitrogens with zero attached hydrogens (tertiary/aromatic N) is 1. The fourth-order valence-electron chi connectivity index (χ4n) is 4.33. The van der Waals surface area contributed by atoms with E-state index in [1.165, 1.54) is 26.7 Å². The molecule has 120 valence electrons. The van der Waals surface area contributed by atoms with Crippen LogP contribution in [0.15, 0.2) is 48.5 Å². The van der Waals surface area contributed by atoms with Crippen molar-refractivity contribution in [3.8, 4) is 0 Å². The molecule has 1 amide bonds. The zero-order valence-electron chi connectivity index (χ0n) is 13.6. The fraction of sp³-hybridized carbons (Fsp3) is 0.350. The Kier molecular flexibility index (Phi) is 3.71. The predicted molar refractivity (Wildman–Crippen MR) is 88.0 cm³/mol. The Morgan fingerprint density at radius 3 is 2.65 bits per heavy atom. The van der Waals surface area contributed by atoms with Gasteiger partial charge in [0.05, 0.1) is 0 Å². The average molecular weight is 418 g/mol. The van der Waals surface area contributed by atoms with Crippen LogP contribution in [0.25, 0.3) is 0 Å². The quantitative estimate of drug-likeness (QED) is 0.525. The number of carbonyl (C=O) groups excluding carboxylic acids is 1. The van der Waals surface area contributed by atoms with Crippen molar-refractivity contribution >= 4 is 5.91 Å². The first-order chi connectivity index (χ1) is 11.2. The molecule has 2 aliphatic heterocycles. The van der Waals surface area contributed by atoms with Crippen molar-refractivity contribution in [2.45, 2.75) is 31.8 Å². The van der Waals surface area contributed by atoms with Gasteiger partial charge >= 0.3 is 148 Å². The minimum absolute atomic E-state index is 0.00956. The van der Waals surface area contributed by atoms with Gasteiger partial charge < -0.3 is 0 Å². The van der Waals surface area contributed by atoms with Crippen LogP contribution in [-0.4, -0.2) is 19.7 Å². The van der Waals surface area contributed by atoms with E-state index in [0.717, 1.165) is 10.8 Å². The number of benzene rings is 2. The van der Waals surface area contributed by atoms with Crippen LogP contribution in [0.3, 0.4) is 0 Å². The van der Waals surface area contributed by atoms with E-state index in [1.54, 1.807) is 0 Å². The molecule has 2 aromatic rings. The molecule has 0 N–H and O–H groups in total. The molecule has 3 heteroatoms. The first-order valence-corrected chi connectivity index (χ1v) is 11.3. The van der Waals surface area contributed by atoms with Crippen LogP contribution in [-0.2, 0) is 16.8 Å². The van der Waals surface area contributed by atoms with Gasteiger partial charge in [0, 0.05) is 0 Å². The van der Waals surface area contributed by atoms with Crippen LogP contribution in [0.1, 0.15) is 42.1 Å². The molecule has 0 saturated carbocycles. The summed E-state index contributed by atoms with van der Waals surface area (Å²) in [6, 6.07) is 17.5. The molecule has 23 heavy (non-hydrogen) atoms. The summed E-state index contributed by atoms with van der Waals surface area (Å²) in [4.78, 5) is 15.3. The zero-order valence-corrected chi connectivity index (χ0v) is 15.7. The fourth-order valence-corrected chi connectivity index (χ4v) is 5.70. The number of rotatable bonds is 3.